The third-order valence-corrected chi connectivity index (χ3v) is 6.68. The maximum absolute atomic E-state index is 12.5. The molecule has 0 saturated carbocycles. The van der Waals surface area contributed by atoms with Gasteiger partial charge in [0.1, 0.15) is 5.75 Å². The largest absolute Gasteiger partial charge is 0.497 e. The standard InChI is InChI=1S/C28H30N6O2S/c1-4-33(5-2)23-15-11-21(12-16-23)19-29-30-26(35)20-37-28-32-31-27(22-13-17-25(36-3)18-14-22)34(28)24-9-7-6-8-10-24/h6-19H,4-5,20H2,1-3H3,(H,30,35). The summed E-state index contributed by atoms with van der Waals surface area (Å²) in [5.41, 5.74) is 6.48. The topological polar surface area (TPSA) is 84.6 Å². The van der Waals surface area contributed by atoms with Gasteiger partial charge < -0.3 is 9.64 Å². The monoisotopic (exact) mass is 514 g/mol. The first kappa shape index (κ1) is 26.0. The average Bonchev–Trinajstić information content (AvgIpc) is 3.38. The number of hydrazone groups is 1. The van der Waals surface area contributed by atoms with E-state index in [-0.39, 0.29) is 11.7 Å². The fourth-order valence-corrected chi connectivity index (χ4v) is 4.55. The van der Waals surface area contributed by atoms with E-state index in [0.717, 1.165) is 35.7 Å². The number of aromatic nitrogens is 3. The molecule has 1 aromatic heterocycles. The molecule has 0 bridgehead atoms. The van der Waals surface area contributed by atoms with Gasteiger partial charge in [-0.1, -0.05) is 42.1 Å². The first-order valence-corrected chi connectivity index (χ1v) is 13.1. The minimum Gasteiger partial charge on any atom is -0.497 e. The number of carbonyl (C=O) groups is 1. The molecular formula is C28H30N6O2S. The Hall–Kier alpha value is -4.11. The van der Waals surface area contributed by atoms with Crippen molar-refractivity contribution in [2.45, 2.75) is 19.0 Å². The molecule has 4 rings (SSSR count). The minimum atomic E-state index is -0.227. The number of ether oxygens (including phenoxy) is 1. The van der Waals surface area contributed by atoms with Gasteiger partial charge in [-0.15, -0.1) is 10.2 Å². The Balaban J connectivity index is 1.42. The van der Waals surface area contributed by atoms with Gasteiger partial charge in [0.15, 0.2) is 11.0 Å². The van der Waals surface area contributed by atoms with Crippen LogP contribution < -0.4 is 15.1 Å². The highest BCUT2D eigenvalue weighted by Crippen LogP contribution is 2.29. The van der Waals surface area contributed by atoms with Crippen LogP contribution in [0.5, 0.6) is 5.75 Å². The predicted molar refractivity (Wildman–Crippen MR) is 150 cm³/mol. The van der Waals surface area contributed by atoms with Crippen molar-refractivity contribution >= 4 is 29.6 Å². The number of methoxy groups -OCH3 is 1. The molecule has 1 N–H and O–H groups in total. The lowest BCUT2D eigenvalue weighted by atomic mass is 10.2. The Morgan fingerprint density at radius 2 is 1.70 bits per heavy atom. The molecule has 0 radical (unpaired) electrons. The van der Waals surface area contributed by atoms with Gasteiger partial charge in [0.05, 0.1) is 19.1 Å². The smallest absolute Gasteiger partial charge is 0.250 e. The molecule has 0 aliphatic carbocycles. The number of amides is 1. The quantitative estimate of drug-likeness (QED) is 0.172. The maximum atomic E-state index is 12.5. The van der Waals surface area contributed by atoms with E-state index in [9.17, 15) is 4.79 Å². The van der Waals surface area contributed by atoms with Crippen LogP contribution in [0.25, 0.3) is 17.1 Å². The highest BCUT2D eigenvalue weighted by atomic mass is 32.2. The van der Waals surface area contributed by atoms with Crippen LogP contribution in [0.3, 0.4) is 0 Å². The minimum absolute atomic E-state index is 0.145. The number of nitrogens with zero attached hydrogens (tertiary/aromatic N) is 5. The van der Waals surface area contributed by atoms with Gasteiger partial charge >= 0.3 is 0 Å². The van der Waals surface area contributed by atoms with Crippen LogP contribution in [0.4, 0.5) is 5.69 Å². The molecule has 1 heterocycles. The fourth-order valence-electron chi connectivity index (χ4n) is 3.80. The first-order chi connectivity index (χ1) is 18.1. The molecule has 0 spiro atoms. The van der Waals surface area contributed by atoms with Gasteiger partial charge in [0.25, 0.3) is 5.91 Å². The SMILES string of the molecule is CCN(CC)c1ccc(C=NNC(=O)CSc2nnc(-c3ccc(OC)cc3)n2-c2ccccc2)cc1. The maximum Gasteiger partial charge on any atom is 0.250 e. The van der Waals surface area contributed by atoms with E-state index in [1.165, 1.54) is 17.4 Å². The summed E-state index contributed by atoms with van der Waals surface area (Å²) >= 11 is 1.30. The van der Waals surface area contributed by atoms with E-state index >= 15 is 0 Å². The van der Waals surface area contributed by atoms with Crippen LogP contribution in [-0.2, 0) is 4.79 Å². The van der Waals surface area contributed by atoms with Crippen LogP contribution in [0.2, 0.25) is 0 Å². The van der Waals surface area contributed by atoms with Crippen LogP contribution >= 0.6 is 11.8 Å². The zero-order chi connectivity index (χ0) is 26.0. The number of para-hydroxylation sites is 1. The number of hydrogen-bond donors (Lipinski definition) is 1. The summed E-state index contributed by atoms with van der Waals surface area (Å²) in [6.45, 7) is 6.18. The summed E-state index contributed by atoms with van der Waals surface area (Å²) in [6, 6.07) is 25.6. The van der Waals surface area contributed by atoms with E-state index in [0.29, 0.717) is 11.0 Å². The summed E-state index contributed by atoms with van der Waals surface area (Å²) < 4.78 is 7.21. The second-order valence-corrected chi connectivity index (χ2v) is 8.99. The first-order valence-electron chi connectivity index (χ1n) is 12.1. The van der Waals surface area contributed by atoms with Crippen LogP contribution in [0.1, 0.15) is 19.4 Å². The van der Waals surface area contributed by atoms with E-state index in [4.69, 9.17) is 4.74 Å². The van der Waals surface area contributed by atoms with Crippen molar-refractivity contribution in [3.8, 4) is 22.8 Å². The Bertz CT molecular complexity index is 1320. The van der Waals surface area contributed by atoms with Crippen LogP contribution in [-0.4, -0.2) is 52.8 Å². The lowest BCUT2D eigenvalue weighted by Gasteiger charge is -2.20. The molecule has 0 fully saturated rings. The van der Waals surface area contributed by atoms with Gasteiger partial charge in [0, 0.05) is 30.0 Å². The molecule has 0 aliphatic heterocycles. The third kappa shape index (κ3) is 6.56. The van der Waals surface area contributed by atoms with Crippen molar-refractivity contribution in [2.75, 3.05) is 30.9 Å². The van der Waals surface area contributed by atoms with Crippen molar-refractivity contribution in [3.05, 3.63) is 84.4 Å². The van der Waals surface area contributed by atoms with E-state index in [1.807, 2.05) is 71.3 Å². The molecule has 37 heavy (non-hydrogen) atoms. The van der Waals surface area contributed by atoms with Gasteiger partial charge in [-0.25, -0.2) is 5.43 Å². The van der Waals surface area contributed by atoms with Gasteiger partial charge in [-0.05, 0) is 67.9 Å². The Morgan fingerprint density at radius 1 is 1.00 bits per heavy atom. The number of benzene rings is 3. The molecule has 0 aliphatic rings. The second-order valence-electron chi connectivity index (χ2n) is 8.05. The van der Waals surface area contributed by atoms with Gasteiger partial charge in [-0.3, -0.25) is 9.36 Å². The zero-order valence-electron chi connectivity index (χ0n) is 21.2. The molecule has 1 amide bonds. The molecule has 4 aromatic rings. The van der Waals surface area contributed by atoms with Gasteiger partial charge in [0.2, 0.25) is 0 Å². The lowest BCUT2D eigenvalue weighted by molar-refractivity contribution is -0.118. The molecule has 8 nitrogen and oxygen atoms in total. The highest BCUT2D eigenvalue weighted by Gasteiger charge is 2.17. The Labute approximate surface area is 221 Å². The third-order valence-electron chi connectivity index (χ3n) is 5.75. The highest BCUT2D eigenvalue weighted by molar-refractivity contribution is 7.99. The van der Waals surface area contributed by atoms with Crippen molar-refractivity contribution in [2.24, 2.45) is 5.10 Å². The van der Waals surface area contributed by atoms with E-state index in [1.54, 1.807) is 13.3 Å². The van der Waals surface area contributed by atoms with Crippen molar-refractivity contribution in [1.82, 2.24) is 20.2 Å². The Morgan fingerprint density at radius 3 is 2.35 bits per heavy atom. The zero-order valence-corrected chi connectivity index (χ0v) is 22.0. The lowest BCUT2D eigenvalue weighted by Crippen LogP contribution is -2.21. The average molecular weight is 515 g/mol. The summed E-state index contributed by atoms with van der Waals surface area (Å²) in [4.78, 5) is 14.8. The number of nitrogens with one attached hydrogen (secondary N) is 1. The summed E-state index contributed by atoms with van der Waals surface area (Å²) in [6.07, 6.45) is 1.64. The molecule has 0 atom stereocenters. The van der Waals surface area contributed by atoms with E-state index < -0.39 is 0 Å². The molecule has 9 heteroatoms. The molecule has 0 unspecified atom stereocenters. The van der Waals surface area contributed by atoms with Gasteiger partial charge in [-0.2, -0.15) is 5.10 Å². The van der Waals surface area contributed by atoms with E-state index in [2.05, 4.69) is 51.6 Å². The Kier molecular flexibility index (Phi) is 8.93. The van der Waals surface area contributed by atoms with Crippen molar-refractivity contribution in [3.63, 3.8) is 0 Å². The van der Waals surface area contributed by atoms with Crippen LogP contribution in [0.15, 0.2) is 89.1 Å². The molecule has 3 aromatic carbocycles. The summed E-state index contributed by atoms with van der Waals surface area (Å²) in [7, 11) is 1.63. The van der Waals surface area contributed by atoms with Crippen molar-refractivity contribution < 1.29 is 9.53 Å². The normalized spacial score (nSPS) is 11.0. The number of hydrogen-bond acceptors (Lipinski definition) is 7. The van der Waals surface area contributed by atoms with Crippen LogP contribution in [0, 0.1) is 0 Å². The molecular weight excluding hydrogens is 484 g/mol. The number of thioether (sulfide) groups is 1. The summed E-state index contributed by atoms with van der Waals surface area (Å²) in [5.74, 6) is 1.37. The summed E-state index contributed by atoms with van der Waals surface area (Å²) in [5, 5.41) is 13.5. The molecule has 0 saturated heterocycles. The molecule has 190 valence electrons. The number of rotatable bonds is 11. The predicted octanol–water partition coefficient (Wildman–Crippen LogP) is 5.03. The second kappa shape index (κ2) is 12.7. The number of anilines is 1. The fraction of sp³-hybridized carbons (Fsp3) is 0.214. The van der Waals surface area contributed by atoms with Crippen molar-refractivity contribution in [1.29, 1.82) is 0 Å². The number of carbonyl (C=O) groups excluding carboxylic acids is 1.